The number of aryl methyl sites for hydroxylation is 3. The minimum Gasteiger partial charge on any atom is -0.486 e. The highest BCUT2D eigenvalue weighted by Gasteiger charge is 2.11. The van der Waals surface area contributed by atoms with Crippen molar-refractivity contribution in [2.75, 3.05) is 0 Å². The zero-order valence-electron chi connectivity index (χ0n) is 11.6. The van der Waals surface area contributed by atoms with Gasteiger partial charge in [-0.2, -0.15) is 0 Å². The number of nitrogens with one attached hydrogen (secondary N) is 1. The number of ether oxygens (including phenoxy) is 1. The van der Waals surface area contributed by atoms with E-state index in [4.69, 9.17) is 27.5 Å². The third-order valence-electron chi connectivity index (χ3n) is 2.86. The minimum atomic E-state index is 0.0458. The van der Waals surface area contributed by atoms with Crippen LogP contribution in [0.15, 0.2) is 12.1 Å². The molecule has 0 amide bonds. The predicted molar refractivity (Wildman–Crippen MR) is 83.1 cm³/mol. The van der Waals surface area contributed by atoms with E-state index in [1.54, 1.807) is 0 Å². The van der Waals surface area contributed by atoms with Crippen LogP contribution >= 0.6 is 22.9 Å². The molecule has 2 rings (SSSR count). The van der Waals surface area contributed by atoms with E-state index in [-0.39, 0.29) is 5.84 Å². The van der Waals surface area contributed by atoms with Crippen LogP contribution in [0.3, 0.4) is 0 Å². The number of thiazole rings is 1. The molecule has 0 bridgehead atoms. The molecule has 0 saturated carbocycles. The number of amidine groups is 1. The van der Waals surface area contributed by atoms with Crippen molar-refractivity contribution in [2.45, 2.75) is 27.4 Å². The first-order valence-corrected chi connectivity index (χ1v) is 7.28. The molecule has 0 saturated heterocycles. The summed E-state index contributed by atoms with van der Waals surface area (Å²) < 4.78 is 5.73. The molecule has 4 nitrogen and oxygen atoms in total. The number of halogens is 1. The molecule has 0 aliphatic heterocycles. The summed E-state index contributed by atoms with van der Waals surface area (Å²) in [5.74, 6) is 0.811. The fourth-order valence-corrected chi connectivity index (χ4v) is 2.85. The third-order valence-corrected chi connectivity index (χ3v) is 4.62. The van der Waals surface area contributed by atoms with Crippen LogP contribution in [0.1, 0.15) is 26.7 Å². The zero-order valence-corrected chi connectivity index (χ0v) is 13.2. The lowest BCUT2D eigenvalue weighted by Crippen LogP contribution is -2.10. The Hall–Kier alpha value is -1.59. The Morgan fingerprint density at radius 2 is 1.95 bits per heavy atom. The Morgan fingerprint density at radius 1 is 1.35 bits per heavy atom. The average molecular weight is 310 g/mol. The quantitative estimate of drug-likeness (QED) is 0.669. The van der Waals surface area contributed by atoms with Crippen LogP contribution in [0, 0.1) is 26.2 Å². The van der Waals surface area contributed by atoms with E-state index in [1.807, 2.05) is 32.9 Å². The van der Waals surface area contributed by atoms with Crippen molar-refractivity contribution >= 4 is 28.8 Å². The van der Waals surface area contributed by atoms with Crippen LogP contribution < -0.4 is 10.5 Å². The van der Waals surface area contributed by atoms with Crippen molar-refractivity contribution in [3.63, 3.8) is 0 Å². The SMILES string of the molecule is Cc1cc(OCc2nc(C)c(C(=N)N)s2)cc(C)c1Cl. The highest BCUT2D eigenvalue weighted by atomic mass is 35.5. The van der Waals surface area contributed by atoms with Crippen LogP contribution in [0.2, 0.25) is 5.02 Å². The van der Waals surface area contributed by atoms with Crippen molar-refractivity contribution in [1.29, 1.82) is 5.41 Å². The zero-order chi connectivity index (χ0) is 14.9. The summed E-state index contributed by atoms with van der Waals surface area (Å²) in [5.41, 5.74) is 8.23. The fourth-order valence-electron chi connectivity index (χ4n) is 1.90. The largest absolute Gasteiger partial charge is 0.486 e. The van der Waals surface area contributed by atoms with E-state index in [9.17, 15) is 0 Å². The number of nitrogens with two attached hydrogens (primary N) is 1. The number of hydrogen-bond acceptors (Lipinski definition) is 4. The summed E-state index contributed by atoms with van der Waals surface area (Å²) in [7, 11) is 0. The van der Waals surface area contributed by atoms with Gasteiger partial charge in [0.25, 0.3) is 0 Å². The summed E-state index contributed by atoms with van der Waals surface area (Å²) >= 11 is 7.51. The first kappa shape index (κ1) is 14.8. The number of rotatable bonds is 4. The lowest BCUT2D eigenvalue weighted by molar-refractivity contribution is 0.305. The molecule has 0 aliphatic carbocycles. The van der Waals surface area contributed by atoms with Crippen LogP contribution in [-0.4, -0.2) is 10.8 Å². The normalized spacial score (nSPS) is 10.6. The number of aromatic nitrogens is 1. The van der Waals surface area contributed by atoms with Gasteiger partial charge in [0.15, 0.2) is 0 Å². The van der Waals surface area contributed by atoms with Crippen LogP contribution in [0.5, 0.6) is 5.75 Å². The van der Waals surface area contributed by atoms with E-state index in [0.717, 1.165) is 32.6 Å². The summed E-state index contributed by atoms with van der Waals surface area (Å²) in [6.07, 6.45) is 0. The van der Waals surface area contributed by atoms with Crippen molar-refractivity contribution in [3.05, 3.63) is 43.9 Å². The summed E-state index contributed by atoms with van der Waals surface area (Å²) in [4.78, 5) is 5.06. The second-order valence-electron chi connectivity index (χ2n) is 4.60. The Balaban J connectivity index is 2.13. The van der Waals surface area contributed by atoms with Gasteiger partial charge < -0.3 is 10.5 Å². The highest BCUT2D eigenvalue weighted by Crippen LogP contribution is 2.27. The second-order valence-corrected chi connectivity index (χ2v) is 6.06. The topological polar surface area (TPSA) is 72.0 Å². The first-order chi connectivity index (χ1) is 9.38. The van der Waals surface area contributed by atoms with Crippen molar-refractivity contribution < 1.29 is 4.74 Å². The molecule has 1 aromatic carbocycles. The molecule has 2 aromatic rings. The Morgan fingerprint density at radius 3 is 2.45 bits per heavy atom. The smallest absolute Gasteiger partial charge is 0.140 e. The van der Waals surface area contributed by atoms with Gasteiger partial charge in [0.1, 0.15) is 23.2 Å². The van der Waals surface area contributed by atoms with Crippen molar-refractivity contribution in [2.24, 2.45) is 5.73 Å². The van der Waals surface area contributed by atoms with Gasteiger partial charge in [-0.25, -0.2) is 4.98 Å². The maximum Gasteiger partial charge on any atom is 0.140 e. The molecular formula is C14H16ClN3OS. The van der Waals surface area contributed by atoms with Gasteiger partial charge in [-0.3, -0.25) is 5.41 Å². The Bertz CT molecular complexity index is 643. The second kappa shape index (κ2) is 5.81. The van der Waals surface area contributed by atoms with Gasteiger partial charge >= 0.3 is 0 Å². The lowest BCUT2D eigenvalue weighted by atomic mass is 10.1. The Labute approximate surface area is 127 Å². The monoisotopic (exact) mass is 309 g/mol. The van der Waals surface area contributed by atoms with Gasteiger partial charge in [-0.15, -0.1) is 11.3 Å². The van der Waals surface area contributed by atoms with Crippen LogP contribution in [-0.2, 0) is 6.61 Å². The van der Waals surface area contributed by atoms with Gasteiger partial charge in [0.2, 0.25) is 0 Å². The summed E-state index contributed by atoms with van der Waals surface area (Å²) in [5, 5.41) is 9.03. The van der Waals surface area contributed by atoms with Gasteiger partial charge in [0.05, 0.1) is 10.6 Å². The average Bonchev–Trinajstić information content (AvgIpc) is 2.75. The van der Waals surface area contributed by atoms with E-state index in [0.29, 0.717) is 11.5 Å². The van der Waals surface area contributed by atoms with E-state index >= 15 is 0 Å². The van der Waals surface area contributed by atoms with Crippen molar-refractivity contribution in [3.8, 4) is 5.75 Å². The van der Waals surface area contributed by atoms with Gasteiger partial charge in [-0.05, 0) is 44.0 Å². The number of nitrogen functional groups attached to an aromatic ring is 1. The molecule has 0 fully saturated rings. The minimum absolute atomic E-state index is 0.0458. The van der Waals surface area contributed by atoms with E-state index < -0.39 is 0 Å². The predicted octanol–water partition coefficient (Wildman–Crippen LogP) is 3.58. The van der Waals surface area contributed by atoms with Crippen LogP contribution in [0.4, 0.5) is 0 Å². The summed E-state index contributed by atoms with van der Waals surface area (Å²) in [6, 6.07) is 3.81. The molecular weight excluding hydrogens is 294 g/mol. The molecule has 1 aromatic heterocycles. The van der Waals surface area contributed by atoms with E-state index in [1.165, 1.54) is 11.3 Å². The maximum atomic E-state index is 7.46. The number of hydrogen-bond donors (Lipinski definition) is 2. The number of nitrogens with zero attached hydrogens (tertiary/aromatic N) is 1. The molecule has 3 N–H and O–H groups in total. The lowest BCUT2D eigenvalue weighted by Gasteiger charge is -2.08. The summed E-state index contributed by atoms with van der Waals surface area (Å²) in [6.45, 7) is 6.10. The molecule has 6 heteroatoms. The molecule has 106 valence electrons. The standard InChI is InChI=1S/C14H16ClN3OS/c1-7-4-10(5-8(2)12(7)15)19-6-11-18-9(3)13(20-11)14(16)17/h4-5H,6H2,1-3H3,(H3,16,17). The molecule has 20 heavy (non-hydrogen) atoms. The highest BCUT2D eigenvalue weighted by molar-refractivity contribution is 7.13. The maximum absolute atomic E-state index is 7.46. The van der Waals surface area contributed by atoms with Gasteiger partial charge in [-0.1, -0.05) is 11.6 Å². The van der Waals surface area contributed by atoms with Crippen molar-refractivity contribution in [1.82, 2.24) is 4.98 Å². The molecule has 0 radical (unpaired) electrons. The van der Waals surface area contributed by atoms with Gasteiger partial charge in [0, 0.05) is 5.02 Å². The first-order valence-electron chi connectivity index (χ1n) is 6.08. The van der Waals surface area contributed by atoms with E-state index in [2.05, 4.69) is 4.98 Å². The Kier molecular flexibility index (Phi) is 4.30. The fraction of sp³-hybridized carbons (Fsp3) is 0.286. The molecule has 0 atom stereocenters. The van der Waals surface area contributed by atoms with Crippen LogP contribution in [0.25, 0.3) is 0 Å². The molecule has 0 unspecified atom stereocenters. The number of benzene rings is 1. The third kappa shape index (κ3) is 3.11. The molecule has 0 spiro atoms. The molecule has 0 aliphatic rings. The molecule has 1 heterocycles.